The number of aliphatic hydroxyl groups excluding tert-OH is 1. The van der Waals surface area contributed by atoms with Crippen LogP contribution in [0.15, 0.2) is 29.2 Å². The average molecular weight is 301 g/mol. The summed E-state index contributed by atoms with van der Waals surface area (Å²) in [5.41, 5.74) is 0.601. The van der Waals surface area contributed by atoms with Gasteiger partial charge in [0.1, 0.15) is 0 Å². The van der Waals surface area contributed by atoms with Gasteiger partial charge in [-0.25, -0.2) is 13.1 Å². The maximum atomic E-state index is 12.2. The molecule has 1 aromatic carbocycles. The Labute approximate surface area is 118 Å². The fourth-order valence-corrected chi connectivity index (χ4v) is 4.69. The molecule has 106 valence electrons. The van der Waals surface area contributed by atoms with E-state index in [4.69, 9.17) is 5.11 Å². The van der Waals surface area contributed by atoms with Gasteiger partial charge in [-0.3, -0.25) is 0 Å². The molecule has 1 fully saturated rings. The molecule has 1 aliphatic heterocycles. The number of hydrogen-bond acceptors (Lipinski definition) is 4. The third-order valence-corrected chi connectivity index (χ3v) is 6.27. The van der Waals surface area contributed by atoms with Crippen LogP contribution in [0.4, 0.5) is 0 Å². The lowest BCUT2D eigenvalue weighted by Crippen LogP contribution is -2.36. The Morgan fingerprint density at radius 1 is 1.47 bits per heavy atom. The van der Waals surface area contributed by atoms with Crippen molar-refractivity contribution >= 4 is 21.8 Å². The molecule has 1 aliphatic rings. The molecule has 0 spiro atoms. The Morgan fingerprint density at radius 2 is 2.26 bits per heavy atom. The van der Waals surface area contributed by atoms with E-state index in [0.717, 1.165) is 18.6 Å². The highest BCUT2D eigenvalue weighted by atomic mass is 32.2. The van der Waals surface area contributed by atoms with Crippen molar-refractivity contribution in [3.63, 3.8) is 0 Å². The molecule has 0 amide bonds. The van der Waals surface area contributed by atoms with E-state index in [1.165, 1.54) is 6.07 Å². The van der Waals surface area contributed by atoms with E-state index in [2.05, 4.69) is 11.6 Å². The minimum Gasteiger partial charge on any atom is -0.392 e. The zero-order valence-electron chi connectivity index (χ0n) is 10.9. The largest absolute Gasteiger partial charge is 0.392 e. The second-order valence-corrected chi connectivity index (χ2v) is 8.48. The minimum atomic E-state index is -3.49. The van der Waals surface area contributed by atoms with Crippen molar-refractivity contribution in [2.75, 3.05) is 12.3 Å². The summed E-state index contributed by atoms with van der Waals surface area (Å²) in [6, 6.07) is 6.40. The molecule has 19 heavy (non-hydrogen) atoms. The molecule has 6 heteroatoms. The number of sulfonamides is 1. The molecule has 0 aromatic heterocycles. The quantitative estimate of drug-likeness (QED) is 0.869. The zero-order chi connectivity index (χ0) is 13.9. The van der Waals surface area contributed by atoms with Crippen LogP contribution in [0.5, 0.6) is 0 Å². The third kappa shape index (κ3) is 3.72. The number of aliphatic hydroxyl groups is 1. The summed E-state index contributed by atoms with van der Waals surface area (Å²) in [6.45, 7) is 2.39. The first-order valence-corrected chi connectivity index (χ1v) is 8.75. The van der Waals surface area contributed by atoms with Gasteiger partial charge in [0.2, 0.25) is 10.0 Å². The Hall–Kier alpha value is -0.560. The van der Waals surface area contributed by atoms with Crippen molar-refractivity contribution in [3.05, 3.63) is 29.8 Å². The summed E-state index contributed by atoms with van der Waals surface area (Å²) in [5, 5.41) is 9.05. The Bertz CT molecular complexity index is 537. The molecular weight excluding hydrogens is 282 g/mol. The van der Waals surface area contributed by atoms with Gasteiger partial charge in [-0.1, -0.05) is 12.1 Å². The summed E-state index contributed by atoms with van der Waals surface area (Å²) < 4.78 is 27.1. The minimum absolute atomic E-state index is 0.00165. The molecule has 0 bridgehead atoms. The maximum Gasteiger partial charge on any atom is 0.240 e. The van der Waals surface area contributed by atoms with E-state index < -0.39 is 10.0 Å². The molecule has 1 heterocycles. The SMILES string of the molecule is CC1(CNS(=O)(=O)c2cccc(CO)c2)CCCS1. The van der Waals surface area contributed by atoms with Gasteiger partial charge >= 0.3 is 0 Å². The predicted molar refractivity (Wildman–Crippen MR) is 77.7 cm³/mol. The number of thioether (sulfide) groups is 1. The first kappa shape index (κ1) is 14.8. The van der Waals surface area contributed by atoms with Gasteiger partial charge in [0.05, 0.1) is 11.5 Å². The monoisotopic (exact) mass is 301 g/mol. The van der Waals surface area contributed by atoms with Crippen LogP contribution in [0.25, 0.3) is 0 Å². The fraction of sp³-hybridized carbons (Fsp3) is 0.538. The number of rotatable bonds is 5. The lowest BCUT2D eigenvalue weighted by atomic mass is 10.1. The van der Waals surface area contributed by atoms with Crippen molar-refractivity contribution in [1.82, 2.24) is 4.72 Å². The van der Waals surface area contributed by atoms with Crippen LogP contribution in [0.1, 0.15) is 25.3 Å². The Kier molecular flexibility index (Phi) is 4.55. The summed E-state index contributed by atoms with van der Waals surface area (Å²) >= 11 is 1.82. The fourth-order valence-electron chi connectivity index (χ4n) is 2.12. The van der Waals surface area contributed by atoms with E-state index in [1.54, 1.807) is 18.2 Å². The molecule has 0 aliphatic carbocycles. The molecule has 1 atom stereocenters. The van der Waals surface area contributed by atoms with E-state index in [1.807, 2.05) is 11.8 Å². The van der Waals surface area contributed by atoms with E-state index in [0.29, 0.717) is 12.1 Å². The van der Waals surface area contributed by atoms with Crippen LogP contribution in [-0.2, 0) is 16.6 Å². The van der Waals surface area contributed by atoms with Gasteiger partial charge in [0, 0.05) is 11.3 Å². The van der Waals surface area contributed by atoms with Crippen LogP contribution in [0.3, 0.4) is 0 Å². The van der Waals surface area contributed by atoms with Crippen LogP contribution >= 0.6 is 11.8 Å². The second-order valence-electron chi connectivity index (χ2n) is 5.03. The van der Waals surface area contributed by atoms with Crippen LogP contribution < -0.4 is 4.72 Å². The lowest BCUT2D eigenvalue weighted by molar-refractivity contribution is 0.281. The molecular formula is C13H19NO3S2. The molecule has 0 radical (unpaired) electrons. The Balaban J connectivity index is 2.09. The van der Waals surface area contributed by atoms with Gasteiger partial charge in [0.15, 0.2) is 0 Å². The molecule has 0 saturated carbocycles. The van der Waals surface area contributed by atoms with Gasteiger partial charge < -0.3 is 5.11 Å². The first-order valence-electron chi connectivity index (χ1n) is 6.29. The van der Waals surface area contributed by atoms with E-state index in [9.17, 15) is 8.42 Å². The third-order valence-electron chi connectivity index (χ3n) is 3.33. The van der Waals surface area contributed by atoms with Crippen molar-refractivity contribution in [1.29, 1.82) is 0 Å². The summed E-state index contributed by atoms with van der Waals surface area (Å²) in [6.07, 6.45) is 2.18. The molecule has 1 unspecified atom stereocenters. The zero-order valence-corrected chi connectivity index (χ0v) is 12.6. The number of hydrogen-bond donors (Lipinski definition) is 2. The van der Waals surface area contributed by atoms with Gasteiger partial charge in [-0.15, -0.1) is 0 Å². The normalized spacial score (nSPS) is 23.7. The molecule has 1 saturated heterocycles. The lowest BCUT2D eigenvalue weighted by Gasteiger charge is -2.22. The second kappa shape index (κ2) is 5.83. The van der Waals surface area contributed by atoms with E-state index >= 15 is 0 Å². The summed E-state index contributed by atoms with van der Waals surface area (Å²) in [4.78, 5) is 0.214. The highest BCUT2D eigenvalue weighted by Gasteiger charge is 2.31. The van der Waals surface area contributed by atoms with E-state index in [-0.39, 0.29) is 16.2 Å². The predicted octanol–water partition coefficient (Wildman–Crippen LogP) is 1.74. The first-order chi connectivity index (χ1) is 8.95. The topological polar surface area (TPSA) is 66.4 Å². The average Bonchev–Trinajstić information content (AvgIpc) is 2.84. The van der Waals surface area contributed by atoms with Crippen molar-refractivity contribution in [3.8, 4) is 0 Å². The molecule has 2 N–H and O–H groups in total. The smallest absolute Gasteiger partial charge is 0.240 e. The van der Waals surface area contributed by atoms with Crippen molar-refractivity contribution in [2.24, 2.45) is 0 Å². The maximum absolute atomic E-state index is 12.2. The van der Waals surface area contributed by atoms with Crippen molar-refractivity contribution < 1.29 is 13.5 Å². The highest BCUT2D eigenvalue weighted by molar-refractivity contribution is 8.01. The number of benzene rings is 1. The molecule has 4 nitrogen and oxygen atoms in total. The standard InChI is InChI=1S/C13H19NO3S2/c1-13(6-3-7-18-13)10-14-19(16,17)12-5-2-4-11(8-12)9-15/h2,4-5,8,14-15H,3,6-7,9-10H2,1H3. The Morgan fingerprint density at radius 3 is 2.89 bits per heavy atom. The van der Waals surface area contributed by atoms with Crippen molar-refractivity contribution in [2.45, 2.75) is 36.0 Å². The van der Waals surface area contributed by atoms with Gasteiger partial charge in [-0.05, 0) is 43.2 Å². The molecule has 2 rings (SSSR count). The van der Waals surface area contributed by atoms with Gasteiger partial charge in [0.25, 0.3) is 0 Å². The van der Waals surface area contributed by atoms with Crippen LogP contribution in [-0.4, -0.2) is 30.6 Å². The van der Waals surface area contributed by atoms with Crippen LogP contribution in [0, 0.1) is 0 Å². The van der Waals surface area contributed by atoms with Gasteiger partial charge in [-0.2, -0.15) is 11.8 Å². The number of nitrogens with one attached hydrogen (secondary N) is 1. The molecule has 1 aromatic rings. The highest BCUT2D eigenvalue weighted by Crippen LogP contribution is 2.37. The van der Waals surface area contributed by atoms with Crippen LogP contribution in [0.2, 0.25) is 0 Å². The summed E-state index contributed by atoms with van der Waals surface area (Å²) in [7, 11) is -3.49. The summed E-state index contributed by atoms with van der Waals surface area (Å²) in [5.74, 6) is 1.10.